The largest absolute Gasteiger partial charge is 0.497 e. The molecule has 5 heteroatoms. The van der Waals surface area contributed by atoms with Crippen LogP contribution in [0.1, 0.15) is 42.1 Å². The zero-order chi connectivity index (χ0) is 17.2. The van der Waals surface area contributed by atoms with Crippen molar-refractivity contribution in [3.63, 3.8) is 0 Å². The summed E-state index contributed by atoms with van der Waals surface area (Å²) in [7, 11) is 1.69. The first-order valence-electron chi connectivity index (χ1n) is 8.67. The Kier molecular flexibility index (Phi) is 4.14. The number of fused-ring (bicyclic) bond motifs is 1. The molecule has 4 rings (SSSR count). The van der Waals surface area contributed by atoms with E-state index in [1.165, 1.54) is 16.7 Å². The van der Waals surface area contributed by atoms with E-state index in [2.05, 4.69) is 58.7 Å². The van der Waals surface area contributed by atoms with E-state index in [1.807, 2.05) is 16.8 Å². The predicted molar refractivity (Wildman–Crippen MR) is 98.0 cm³/mol. The summed E-state index contributed by atoms with van der Waals surface area (Å²) >= 11 is 0. The summed E-state index contributed by atoms with van der Waals surface area (Å²) in [6.07, 6.45) is 3.59. The molecule has 5 nitrogen and oxygen atoms in total. The van der Waals surface area contributed by atoms with Gasteiger partial charge in [0, 0.05) is 0 Å². The fourth-order valence-electron chi connectivity index (χ4n) is 3.43. The van der Waals surface area contributed by atoms with Crippen molar-refractivity contribution in [2.75, 3.05) is 12.4 Å². The number of nitrogens with zero attached hydrogens (tertiary/aromatic N) is 3. The molecule has 2 aromatic carbocycles. The lowest BCUT2D eigenvalue weighted by Gasteiger charge is -2.32. The molecule has 2 atom stereocenters. The van der Waals surface area contributed by atoms with Crippen LogP contribution in [0.25, 0.3) is 0 Å². The van der Waals surface area contributed by atoms with Crippen molar-refractivity contribution in [2.24, 2.45) is 0 Å². The first kappa shape index (κ1) is 15.7. The van der Waals surface area contributed by atoms with E-state index in [1.54, 1.807) is 13.4 Å². The molecule has 0 radical (unpaired) electrons. The van der Waals surface area contributed by atoms with Crippen LogP contribution in [0.2, 0.25) is 0 Å². The first-order chi connectivity index (χ1) is 12.3. The van der Waals surface area contributed by atoms with Gasteiger partial charge in [0.05, 0.1) is 19.2 Å². The zero-order valence-corrected chi connectivity index (χ0v) is 14.5. The average Bonchev–Trinajstić information content (AvgIpc) is 3.16. The molecular formula is C20H22N4O. The van der Waals surface area contributed by atoms with Crippen molar-refractivity contribution in [1.29, 1.82) is 0 Å². The van der Waals surface area contributed by atoms with Gasteiger partial charge >= 0.3 is 0 Å². The summed E-state index contributed by atoms with van der Waals surface area (Å²) in [5.41, 5.74) is 3.84. The quantitative estimate of drug-likeness (QED) is 0.784. The van der Waals surface area contributed by atoms with E-state index >= 15 is 0 Å². The number of aryl methyl sites for hydroxylation is 1. The fraction of sp³-hybridized carbons (Fsp3) is 0.300. The lowest BCUT2D eigenvalue weighted by atomic mass is 9.93. The van der Waals surface area contributed by atoms with Crippen LogP contribution in [0.4, 0.5) is 5.95 Å². The Morgan fingerprint density at radius 3 is 2.48 bits per heavy atom. The SMILES string of the molecule is CCc1ccc(C2CC(c3ccc(OC)cc3)Nc3ncnn32)cc1. The maximum absolute atomic E-state index is 5.27. The fourth-order valence-corrected chi connectivity index (χ4v) is 3.43. The maximum Gasteiger partial charge on any atom is 0.222 e. The topological polar surface area (TPSA) is 52.0 Å². The second-order valence-electron chi connectivity index (χ2n) is 6.34. The molecule has 1 aliphatic rings. The molecule has 2 unspecified atom stereocenters. The smallest absolute Gasteiger partial charge is 0.222 e. The molecule has 2 heterocycles. The Labute approximate surface area is 147 Å². The third kappa shape index (κ3) is 2.97. The molecule has 0 amide bonds. The van der Waals surface area contributed by atoms with Gasteiger partial charge in [0.25, 0.3) is 0 Å². The van der Waals surface area contributed by atoms with E-state index in [4.69, 9.17) is 4.74 Å². The van der Waals surface area contributed by atoms with Crippen LogP contribution in [0, 0.1) is 0 Å². The van der Waals surface area contributed by atoms with Gasteiger partial charge in [-0.05, 0) is 41.7 Å². The molecule has 0 spiro atoms. The van der Waals surface area contributed by atoms with E-state index in [-0.39, 0.29) is 12.1 Å². The summed E-state index contributed by atoms with van der Waals surface area (Å²) in [6.45, 7) is 2.18. The summed E-state index contributed by atoms with van der Waals surface area (Å²) in [5.74, 6) is 1.69. The van der Waals surface area contributed by atoms with Gasteiger partial charge in [0.1, 0.15) is 12.1 Å². The van der Waals surface area contributed by atoms with Gasteiger partial charge in [-0.25, -0.2) is 4.68 Å². The van der Waals surface area contributed by atoms with Crippen molar-refractivity contribution in [1.82, 2.24) is 14.8 Å². The van der Waals surface area contributed by atoms with Crippen molar-refractivity contribution in [2.45, 2.75) is 31.8 Å². The highest BCUT2D eigenvalue weighted by molar-refractivity contribution is 5.40. The van der Waals surface area contributed by atoms with Crippen LogP contribution in [-0.4, -0.2) is 21.9 Å². The standard InChI is InChI=1S/C20H22N4O/c1-3-14-4-6-16(7-5-14)19-12-18(23-20-21-13-22-24(19)20)15-8-10-17(25-2)11-9-15/h4-11,13,18-19H,3,12H2,1-2H3,(H,21,22,23). The molecule has 25 heavy (non-hydrogen) atoms. The van der Waals surface area contributed by atoms with E-state index in [0.717, 1.165) is 24.5 Å². The van der Waals surface area contributed by atoms with Gasteiger partial charge in [-0.15, -0.1) is 0 Å². The Balaban J connectivity index is 1.66. The second kappa shape index (κ2) is 6.59. The molecule has 0 aliphatic carbocycles. The molecule has 0 fully saturated rings. The van der Waals surface area contributed by atoms with Crippen molar-refractivity contribution in [3.05, 3.63) is 71.5 Å². The summed E-state index contributed by atoms with van der Waals surface area (Å²) in [6, 6.07) is 17.4. The van der Waals surface area contributed by atoms with Gasteiger partial charge in [0.15, 0.2) is 0 Å². The number of ether oxygens (including phenoxy) is 1. The predicted octanol–water partition coefficient (Wildman–Crippen LogP) is 4.00. The van der Waals surface area contributed by atoms with Crippen LogP contribution < -0.4 is 10.1 Å². The molecule has 1 N–H and O–H groups in total. The minimum absolute atomic E-state index is 0.178. The minimum atomic E-state index is 0.178. The molecule has 3 aromatic rings. The Hall–Kier alpha value is -2.82. The number of hydrogen-bond acceptors (Lipinski definition) is 4. The highest BCUT2D eigenvalue weighted by Gasteiger charge is 2.29. The third-order valence-corrected chi connectivity index (χ3v) is 4.92. The number of benzene rings is 2. The highest BCUT2D eigenvalue weighted by Crippen LogP contribution is 2.37. The van der Waals surface area contributed by atoms with Crippen molar-refractivity contribution in [3.8, 4) is 5.75 Å². The molecule has 0 saturated heterocycles. The Morgan fingerprint density at radius 1 is 1.08 bits per heavy atom. The number of nitrogens with one attached hydrogen (secondary N) is 1. The molecular weight excluding hydrogens is 312 g/mol. The van der Waals surface area contributed by atoms with Gasteiger partial charge < -0.3 is 10.1 Å². The summed E-state index contributed by atoms with van der Waals surface area (Å²) in [4.78, 5) is 4.39. The number of anilines is 1. The lowest BCUT2D eigenvalue weighted by Crippen LogP contribution is -2.28. The number of hydrogen-bond donors (Lipinski definition) is 1. The number of aromatic nitrogens is 3. The van der Waals surface area contributed by atoms with Crippen LogP contribution >= 0.6 is 0 Å². The summed E-state index contributed by atoms with van der Waals surface area (Å²) < 4.78 is 7.25. The molecule has 1 aliphatic heterocycles. The number of rotatable bonds is 4. The van der Waals surface area contributed by atoms with E-state index in [0.29, 0.717) is 0 Å². The van der Waals surface area contributed by atoms with Gasteiger partial charge in [0.2, 0.25) is 5.95 Å². The van der Waals surface area contributed by atoms with Crippen LogP contribution in [-0.2, 0) is 6.42 Å². The molecule has 0 bridgehead atoms. The zero-order valence-electron chi connectivity index (χ0n) is 14.5. The molecule has 1 aromatic heterocycles. The monoisotopic (exact) mass is 334 g/mol. The minimum Gasteiger partial charge on any atom is -0.497 e. The highest BCUT2D eigenvalue weighted by atomic mass is 16.5. The van der Waals surface area contributed by atoms with Gasteiger partial charge in [-0.2, -0.15) is 10.1 Å². The normalized spacial score (nSPS) is 19.1. The average molecular weight is 334 g/mol. The third-order valence-electron chi connectivity index (χ3n) is 4.92. The van der Waals surface area contributed by atoms with E-state index in [9.17, 15) is 0 Å². The Morgan fingerprint density at radius 2 is 1.80 bits per heavy atom. The van der Waals surface area contributed by atoms with Crippen molar-refractivity contribution < 1.29 is 4.74 Å². The van der Waals surface area contributed by atoms with Gasteiger partial charge in [-0.1, -0.05) is 43.3 Å². The van der Waals surface area contributed by atoms with E-state index < -0.39 is 0 Å². The summed E-state index contributed by atoms with van der Waals surface area (Å²) in [5, 5.41) is 7.94. The molecule has 128 valence electrons. The first-order valence-corrected chi connectivity index (χ1v) is 8.67. The Bertz CT molecular complexity index is 839. The maximum atomic E-state index is 5.27. The lowest BCUT2D eigenvalue weighted by molar-refractivity contribution is 0.413. The van der Waals surface area contributed by atoms with Crippen LogP contribution in [0.3, 0.4) is 0 Å². The van der Waals surface area contributed by atoms with Crippen molar-refractivity contribution >= 4 is 5.95 Å². The second-order valence-corrected chi connectivity index (χ2v) is 6.34. The van der Waals surface area contributed by atoms with Gasteiger partial charge in [-0.3, -0.25) is 0 Å². The van der Waals surface area contributed by atoms with Crippen LogP contribution in [0.15, 0.2) is 54.9 Å². The number of methoxy groups -OCH3 is 1. The van der Waals surface area contributed by atoms with Crippen LogP contribution in [0.5, 0.6) is 5.75 Å². The molecule has 0 saturated carbocycles.